The first-order valence-corrected chi connectivity index (χ1v) is 9.48. The standard InChI is InChI=1S/C17H29N3O2S.HI/c1-4-18-17(19-11-5-6-13-23-3)20-12-10-14-8-7-9-15(22-2)16(14)21;/h7-9,21H,4-6,10-13H2,1-3H3,(H2,18,19,20);1H. The highest BCUT2D eigenvalue weighted by Crippen LogP contribution is 2.29. The number of aromatic hydroxyl groups is 1. The molecule has 0 aliphatic carbocycles. The van der Waals surface area contributed by atoms with Crippen molar-refractivity contribution in [3.8, 4) is 11.5 Å². The third-order valence-electron chi connectivity index (χ3n) is 3.36. The molecule has 138 valence electrons. The molecule has 0 aliphatic rings. The highest BCUT2D eigenvalue weighted by molar-refractivity contribution is 14.0. The number of nitrogens with zero attached hydrogens (tertiary/aromatic N) is 1. The molecular weight excluding hydrogens is 437 g/mol. The molecule has 7 heteroatoms. The Bertz CT molecular complexity index is 487. The van der Waals surface area contributed by atoms with E-state index in [2.05, 4.69) is 28.8 Å². The molecule has 0 aliphatic heterocycles. The summed E-state index contributed by atoms with van der Waals surface area (Å²) in [7, 11) is 1.56. The number of nitrogens with one attached hydrogen (secondary N) is 2. The highest BCUT2D eigenvalue weighted by Gasteiger charge is 2.07. The van der Waals surface area contributed by atoms with Crippen molar-refractivity contribution in [1.29, 1.82) is 0 Å². The first kappa shape index (κ1) is 23.2. The van der Waals surface area contributed by atoms with E-state index in [0.717, 1.165) is 31.0 Å². The fraction of sp³-hybridized carbons (Fsp3) is 0.588. The zero-order chi connectivity index (χ0) is 16.9. The zero-order valence-corrected chi connectivity index (χ0v) is 17.9. The average molecular weight is 467 g/mol. The third kappa shape index (κ3) is 8.86. The van der Waals surface area contributed by atoms with Gasteiger partial charge < -0.3 is 20.5 Å². The lowest BCUT2D eigenvalue weighted by Gasteiger charge is -2.12. The van der Waals surface area contributed by atoms with Gasteiger partial charge in [-0.3, -0.25) is 4.99 Å². The van der Waals surface area contributed by atoms with Crippen LogP contribution >= 0.6 is 35.7 Å². The summed E-state index contributed by atoms with van der Waals surface area (Å²) >= 11 is 1.87. The summed E-state index contributed by atoms with van der Waals surface area (Å²) in [5.41, 5.74) is 0.868. The second-order valence-corrected chi connectivity index (χ2v) is 6.09. The van der Waals surface area contributed by atoms with Crippen molar-refractivity contribution in [2.45, 2.75) is 26.2 Å². The fourth-order valence-electron chi connectivity index (χ4n) is 2.14. The number of aliphatic imine (C=N–C) groups is 1. The molecule has 1 aromatic rings. The highest BCUT2D eigenvalue weighted by atomic mass is 127. The Morgan fingerprint density at radius 1 is 1.29 bits per heavy atom. The van der Waals surface area contributed by atoms with Crippen molar-refractivity contribution < 1.29 is 9.84 Å². The Hall–Kier alpha value is -0.830. The minimum absolute atomic E-state index is 0. The molecule has 3 N–H and O–H groups in total. The molecule has 0 saturated carbocycles. The van der Waals surface area contributed by atoms with E-state index < -0.39 is 0 Å². The number of rotatable bonds is 10. The predicted octanol–water partition coefficient (Wildman–Crippen LogP) is 3.26. The maximum absolute atomic E-state index is 10.1. The van der Waals surface area contributed by atoms with E-state index in [-0.39, 0.29) is 29.7 Å². The van der Waals surface area contributed by atoms with Gasteiger partial charge in [0.05, 0.1) is 7.11 Å². The van der Waals surface area contributed by atoms with Crippen molar-refractivity contribution in [1.82, 2.24) is 10.6 Å². The van der Waals surface area contributed by atoms with Crippen LogP contribution in [0.5, 0.6) is 11.5 Å². The van der Waals surface area contributed by atoms with Crippen LogP contribution in [0.1, 0.15) is 25.3 Å². The van der Waals surface area contributed by atoms with Crippen LogP contribution in [0.2, 0.25) is 0 Å². The average Bonchev–Trinajstić information content (AvgIpc) is 2.56. The first-order chi connectivity index (χ1) is 11.2. The SMILES string of the molecule is CCNC(=NCCCCSC)NCCc1cccc(OC)c1O.I. The predicted molar refractivity (Wildman–Crippen MR) is 115 cm³/mol. The molecule has 0 bridgehead atoms. The summed E-state index contributed by atoms with van der Waals surface area (Å²) < 4.78 is 5.13. The number of unbranched alkanes of at least 4 members (excludes halogenated alkanes) is 1. The molecule has 5 nitrogen and oxygen atoms in total. The smallest absolute Gasteiger partial charge is 0.191 e. The molecule has 0 aromatic heterocycles. The van der Waals surface area contributed by atoms with Crippen LogP contribution in [-0.4, -0.2) is 49.8 Å². The molecule has 0 saturated heterocycles. The van der Waals surface area contributed by atoms with Gasteiger partial charge in [-0.2, -0.15) is 11.8 Å². The van der Waals surface area contributed by atoms with E-state index in [1.54, 1.807) is 13.2 Å². The van der Waals surface area contributed by atoms with Gasteiger partial charge in [-0.05, 0) is 49.8 Å². The molecule has 0 spiro atoms. The number of phenols is 1. The monoisotopic (exact) mass is 467 g/mol. The molecule has 0 amide bonds. The number of ether oxygens (including phenoxy) is 1. The van der Waals surface area contributed by atoms with Gasteiger partial charge in [0, 0.05) is 19.6 Å². The molecule has 1 rings (SSSR count). The number of halogens is 1. The van der Waals surface area contributed by atoms with Crippen LogP contribution in [-0.2, 0) is 6.42 Å². The van der Waals surface area contributed by atoms with E-state index in [1.807, 2.05) is 23.9 Å². The lowest BCUT2D eigenvalue weighted by atomic mass is 10.1. The van der Waals surface area contributed by atoms with E-state index >= 15 is 0 Å². The van der Waals surface area contributed by atoms with Gasteiger partial charge in [0.15, 0.2) is 17.5 Å². The molecule has 24 heavy (non-hydrogen) atoms. The number of hydrogen-bond acceptors (Lipinski definition) is 4. The summed E-state index contributed by atoms with van der Waals surface area (Å²) in [6.45, 7) is 4.43. The summed E-state index contributed by atoms with van der Waals surface area (Å²) in [5.74, 6) is 2.75. The summed E-state index contributed by atoms with van der Waals surface area (Å²) in [6, 6.07) is 5.55. The number of para-hydroxylation sites is 1. The largest absolute Gasteiger partial charge is 0.504 e. The maximum Gasteiger partial charge on any atom is 0.191 e. The number of hydrogen-bond donors (Lipinski definition) is 3. The Morgan fingerprint density at radius 3 is 2.75 bits per heavy atom. The van der Waals surface area contributed by atoms with Crippen molar-refractivity contribution in [2.24, 2.45) is 4.99 Å². The van der Waals surface area contributed by atoms with Crippen molar-refractivity contribution in [3.05, 3.63) is 23.8 Å². The quantitative estimate of drug-likeness (QED) is 0.213. The zero-order valence-electron chi connectivity index (χ0n) is 14.8. The van der Waals surface area contributed by atoms with Gasteiger partial charge in [-0.1, -0.05) is 12.1 Å². The van der Waals surface area contributed by atoms with Gasteiger partial charge >= 0.3 is 0 Å². The van der Waals surface area contributed by atoms with Gasteiger partial charge in [-0.15, -0.1) is 24.0 Å². The summed E-state index contributed by atoms with van der Waals surface area (Å²) in [5, 5.41) is 16.6. The molecule has 0 atom stereocenters. The summed E-state index contributed by atoms with van der Waals surface area (Å²) in [6.07, 6.45) is 5.14. The van der Waals surface area contributed by atoms with Crippen LogP contribution in [0.3, 0.4) is 0 Å². The Kier molecular flexibility index (Phi) is 14.0. The topological polar surface area (TPSA) is 65.9 Å². The van der Waals surface area contributed by atoms with E-state index in [0.29, 0.717) is 18.7 Å². The minimum Gasteiger partial charge on any atom is -0.504 e. The lowest BCUT2D eigenvalue weighted by molar-refractivity contribution is 0.370. The molecule has 0 unspecified atom stereocenters. The number of guanidine groups is 1. The van der Waals surface area contributed by atoms with Crippen LogP contribution in [0.4, 0.5) is 0 Å². The van der Waals surface area contributed by atoms with Crippen LogP contribution in [0, 0.1) is 0 Å². The van der Waals surface area contributed by atoms with Crippen LogP contribution < -0.4 is 15.4 Å². The van der Waals surface area contributed by atoms with E-state index in [9.17, 15) is 5.11 Å². The minimum atomic E-state index is 0. The first-order valence-electron chi connectivity index (χ1n) is 8.08. The van der Waals surface area contributed by atoms with Gasteiger partial charge in [0.25, 0.3) is 0 Å². The lowest BCUT2D eigenvalue weighted by Crippen LogP contribution is -2.38. The van der Waals surface area contributed by atoms with Crippen LogP contribution in [0.15, 0.2) is 23.2 Å². The molecule has 0 radical (unpaired) electrons. The maximum atomic E-state index is 10.1. The Labute approximate surface area is 167 Å². The number of phenolic OH excluding ortho intramolecular Hbond substituents is 1. The normalized spacial score (nSPS) is 10.9. The van der Waals surface area contributed by atoms with Crippen molar-refractivity contribution in [2.75, 3.05) is 38.8 Å². The van der Waals surface area contributed by atoms with Crippen molar-refractivity contribution >= 4 is 41.7 Å². The number of thioether (sulfide) groups is 1. The Balaban J connectivity index is 0.00000529. The number of methoxy groups -OCH3 is 1. The second kappa shape index (κ2) is 14.5. The Morgan fingerprint density at radius 2 is 2.08 bits per heavy atom. The molecule has 0 heterocycles. The second-order valence-electron chi connectivity index (χ2n) is 5.11. The van der Waals surface area contributed by atoms with Gasteiger partial charge in [0.2, 0.25) is 0 Å². The van der Waals surface area contributed by atoms with Crippen LogP contribution in [0.25, 0.3) is 0 Å². The molecular formula is C17H30IN3O2S. The van der Waals surface area contributed by atoms with E-state index in [4.69, 9.17) is 4.74 Å². The summed E-state index contributed by atoms with van der Waals surface area (Å²) in [4.78, 5) is 4.57. The third-order valence-corrected chi connectivity index (χ3v) is 4.06. The molecule has 0 fully saturated rings. The number of benzene rings is 1. The van der Waals surface area contributed by atoms with Crippen molar-refractivity contribution in [3.63, 3.8) is 0 Å². The fourth-order valence-corrected chi connectivity index (χ4v) is 2.63. The molecule has 1 aromatic carbocycles. The van der Waals surface area contributed by atoms with Gasteiger partial charge in [-0.25, -0.2) is 0 Å². The van der Waals surface area contributed by atoms with Gasteiger partial charge in [0.1, 0.15) is 0 Å². The van der Waals surface area contributed by atoms with E-state index in [1.165, 1.54) is 12.2 Å².